The Kier molecular flexibility index (Phi) is 6.68. The molecular weight excluding hydrogens is 239 g/mol. The van der Waals surface area contributed by atoms with Crippen LogP contribution in [-0.4, -0.2) is 25.0 Å². The molecule has 0 aliphatic rings. The molecule has 0 bridgehead atoms. The molecule has 2 N–H and O–H groups in total. The van der Waals surface area contributed by atoms with Crippen LogP contribution in [0.25, 0.3) is 0 Å². The lowest BCUT2D eigenvalue weighted by Crippen LogP contribution is -2.36. The van der Waals surface area contributed by atoms with Crippen molar-refractivity contribution >= 4 is 12.4 Å². The second kappa shape index (κ2) is 6.94. The summed E-state index contributed by atoms with van der Waals surface area (Å²) in [4.78, 5) is 2.17. The molecule has 0 atom stereocenters. The molecule has 98 valence electrons. The predicted molar refractivity (Wildman–Crippen MR) is 72.8 cm³/mol. The third-order valence-corrected chi connectivity index (χ3v) is 2.59. The van der Waals surface area contributed by atoms with Crippen LogP contribution in [-0.2, 0) is 6.54 Å². The largest absolute Gasteiger partial charge is 0.330 e. The van der Waals surface area contributed by atoms with Crippen LogP contribution >= 0.6 is 12.4 Å². The first kappa shape index (κ1) is 16.4. The Hall–Kier alpha value is -0.640. The first-order valence-corrected chi connectivity index (χ1v) is 5.56. The molecule has 1 aromatic carbocycles. The Bertz CT molecular complexity index is 342. The number of hydrogen-bond donors (Lipinski definition) is 1. The van der Waals surface area contributed by atoms with Crippen molar-refractivity contribution < 1.29 is 4.39 Å². The summed E-state index contributed by atoms with van der Waals surface area (Å²) >= 11 is 0. The molecule has 0 heterocycles. The van der Waals surface area contributed by atoms with Gasteiger partial charge < -0.3 is 10.6 Å². The van der Waals surface area contributed by atoms with Gasteiger partial charge in [-0.2, -0.15) is 0 Å². The zero-order valence-corrected chi connectivity index (χ0v) is 11.6. The van der Waals surface area contributed by atoms with Gasteiger partial charge >= 0.3 is 0 Å². The minimum absolute atomic E-state index is 0. The van der Waals surface area contributed by atoms with E-state index in [1.165, 1.54) is 6.07 Å². The summed E-state index contributed by atoms with van der Waals surface area (Å²) in [7, 11) is 2.03. The van der Waals surface area contributed by atoms with Crippen LogP contribution in [0.3, 0.4) is 0 Å². The van der Waals surface area contributed by atoms with Gasteiger partial charge in [0.15, 0.2) is 0 Å². The highest BCUT2D eigenvalue weighted by Gasteiger charge is 2.17. The van der Waals surface area contributed by atoms with Crippen LogP contribution in [0.2, 0.25) is 0 Å². The molecular formula is C13H22ClFN2. The number of halogens is 2. The molecule has 1 aromatic rings. The molecule has 0 aliphatic heterocycles. The fourth-order valence-corrected chi connectivity index (χ4v) is 1.80. The van der Waals surface area contributed by atoms with E-state index in [2.05, 4.69) is 18.7 Å². The van der Waals surface area contributed by atoms with Gasteiger partial charge in [-0.05, 0) is 36.7 Å². The Morgan fingerprint density at radius 2 is 2.00 bits per heavy atom. The average Bonchev–Trinajstić information content (AvgIpc) is 2.16. The second-order valence-electron chi connectivity index (χ2n) is 5.17. The lowest BCUT2D eigenvalue weighted by molar-refractivity contribution is 0.210. The Balaban J connectivity index is 0.00000256. The van der Waals surface area contributed by atoms with E-state index >= 15 is 0 Å². The van der Waals surface area contributed by atoms with E-state index in [9.17, 15) is 4.39 Å². The monoisotopic (exact) mass is 260 g/mol. The minimum Gasteiger partial charge on any atom is -0.330 e. The van der Waals surface area contributed by atoms with Gasteiger partial charge in [0, 0.05) is 13.1 Å². The zero-order chi connectivity index (χ0) is 12.2. The number of nitrogens with two attached hydrogens (primary N) is 1. The molecule has 0 amide bonds. The summed E-state index contributed by atoms with van der Waals surface area (Å²) in [6, 6.07) is 6.72. The molecule has 0 saturated carbocycles. The molecule has 1 rings (SSSR count). The van der Waals surface area contributed by atoms with Crippen molar-refractivity contribution in [1.29, 1.82) is 0 Å². The standard InChI is InChI=1S/C13H21FN2.ClH/c1-13(2,9-15)10-16(3)8-11-5-4-6-12(14)7-11;/h4-7H,8-10,15H2,1-3H3;1H. The number of hydrogen-bond acceptors (Lipinski definition) is 2. The second-order valence-corrected chi connectivity index (χ2v) is 5.17. The van der Waals surface area contributed by atoms with Gasteiger partial charge in [-0.25, -0.2) is 4.39 Å². The van der Waals surface area contributed by atoms with Gasteiger partial charge in [0.25, 0.3) is 0 Å². The zero-order valence-electron chi connectivity index (χ0n) is 10.7. The summed E-state index contributed by atoms with van der Waals surface area (Å²) in [6.07, 6.45) is 0. The first-order valence-electron chi connectivity index (χ1n) is 5.56. The quantitative estimate of drug-likeness (QED) is 0.882. The van der Waals surface area contributed by atoms with Crippen molar-refractivity contribution in [3.8, 4) is 0 Å². The van der Waals surface area contributed by atoms with Crippen molar-refractivity contribution in [1.82, 2.24) is 4.90 Å². The van der Waals surface area contributed by atoms with Crippen LogP contribution in [0, 0.1) is 11.2 Å². The first-order chi connectivity index (χ1) is 7.43. The SMILES string of the molecule is CN(Cc1cccc(F)c1)CC(C)(C)CN.Cl. The van der Waals surface area contributed by atoms with E-state index in [1.807, 2.05) is 13.1 Å². The lowest BCUT2D eigenvalue weighted by Gasteiger charge is -2.29. The van der Waals surface area contributed by atoms with Gasteiger partial charge in [0.2, 0.25) is 0 Å². The highest BCUT2D eigenvalue weighted by molar-refractivity contribution is 5.85. The van der Waals surface area contributed by atoms with Crippen LogP contribution in [0.4, 0.5) is 4.39 Å². The Morgan fingerprint density at radius 3 is 2.53 bits per heavy atom. The smallest absolute Gasteiger partial charge is 0.123 e. The highest BCUT2D eigenvalue weighted by Crippen LogP contribution is 2.15. The number of rotatable bonds is 5. The van der Waals surface area contributed by atoms with Crippen molar-refractivity contribution in [2.24, 2.45) is 11.1 Å². The maximum atomic E-state index is 13.0. The van der Waals surface area contributed by atoms with E-state index in [0.29, 0.717) is 6.54 Å². The average molecular weight is 261 g/mol. The van der Waals surface area contributed by atoms with E-state index in [1.54, 1.807) is 12.1 Å². The van der Waals surface area contributed by atoms with E-state index in [-0.39, 0.29) is 23.6 Å². The summed E-state index contributed by atoms with van der Waals surface area (Å²) in [5.41, 5.74) is 6.78. The van der Waals surface area contributed by atoms with Gasteiger partial charge in [0.1, 0.15) is 5.82 Å². The molecule has 4 heteroatoms. The summed E-state index contributed by atoms with van der Waals surface area (Å²) in [5.74, 6) is -0.177. The number of benzene rings is 1. The maximum absolute atomic E-state index is 13.0. The van der Waals surface area contributed by atoms with Crippen LogP contribution < -0.4 is 5.73 Å². The van der Waals surface area contributed by atoms with Crippen molar-refractivity contribution in [2.45, 2.75) is 20.4 Å². The molecule has 0 aromatic heterocycles. The summed E-state index contributed by atoms with van der Waals surface area (Å²) in [5, 5.41) is 0. The highest BCUT2D eigenvalue weighted by atomic mass is 35.5. The van der Waals surface area contributed by atoms with Crippen LogP contribution in [0.5, 0.6) is 0 Å². The Morgan fingerprint density at radius 1 is 1.35 bits per heavy atom. The van der Waals surface area contributed by atoms with Gasteiger partial charge in [-0.1, -0.05) is 26.0 Å². The molecule has 0 radical (unpaired) electrons. The topological polar surface area (TPSA) is 29.3 Å². The van der Waals surface area contributed by atoms with Crippen LogP contribution in [0.15, 0.2) is 24.3 Å². The van der Waals surface area contributed by atoms with Gasteiger partial charge in [-0.3, -0.25) is 0 Å². The van der Waals surface area contributed by atoms with Crippen molar-refractivity contribution in [3.05, 3.63) is 35.6 Å². The molecule has 0 aliphatic carbocycles. The van der Waals surface area contributed by atoms with Crippen molar-refractivity contribution in [2.75, 3.05) is 20.1 Å². The number of nitrogens with zero attached hydrogens (tertiary/aromatic N) is 1. The summed E-state index contributed by atoms with van der Waals surface area (Å²) in [6.45, 7) is 6.58. The molecule has 0 saturated heterocycles. The maximum Gasteiger partial charge on any atom is 0.123 e. The van der Waals surface area contributed by atoms with E-state index in [4.69, 9.17) is 5.73 Å². The van der Waals surface area contributed by atoms with E-state index < -0.39 is 0 Å². The fourth-order valence-electron chi connectivity index (χ4n) is 1.80. The third-order valence-electron chi connectivity index (χ3n) is 2.59. The Labute approximate surface area is 109 Å². The normalized spacial score (nSPS) is 11.4. The van der Waals surface area contributed by atoms with Gasteiger partial charge in [0.05, 0.1) is 0 Å². The lowest BCUT2D eigenvalue weighted by atomic mass is 9.93. The fraction of sp³-hybridized carbons (Fsp3) is 0.538. The minimum atomic E-state index is -0.177. The molecule has 17 heavy (non-hydrogen) atoms. The van der Waals surface area contributed by atoms with Crippen LogP contribution in [0.1, 0.15) is 19.4 Å². The summed E-state index contributed by atoms with van der Waals surface area (Å²) < 4.78 is 13.0. The van der Waals surface area contributed by atoms with Gasteiger partial charge in [-0.15, -0.1) is 12.4 Å². The van der Waals surface area contributed by atoms with E-state index in [0.717, 1.165) is 18.7 Å². The molecule has 2 nitrogen and oxygen atoms in total. The molecule has 0 fully saturated rings. The molecule has 0 unspecified atom stereocenters. The van der Waals surface area contributed by atoms with Crippen molar-refractivity contribution in [3.63, 3.8) is 0 Å². The predicted octanol–water partition coefficient (Wildman–Crippen LogP) is 2.66. The third kappa shape index (κ3) is 6.01. The molecule has 0 spiro atoms.